The van der Waals surface area contributed by atoms with E-state index >= 15 is 0 Å². The fraction of sp³-hybridized carbons (Fsp3) is 0.667. The highest BCUT2D eigenvalue weighted by Crippen LogP contribution is 2.26. The van der Waals surface area contributed by atoms with Crippen molar-refractivity contribution in [3.05, 3.63) is 24.5 Å². The van der Waals surface area contributed by atoms with Crippen LogP contribution in [0, 0.1) is 0 Å². The summed E-state index contributed by atoms with van der Waals surface area (Å²) in [6.07, 6.45) is 10.1. The summed E-state index contributed by atoms with van der Waals surface area (Å²) in [4.78, 5) is 6.57. The second-order valence-corrected chi connectivity index (χ2v) is 5.19. The normalized spacial score (nSPS) is 24.3. The highest BCUT2D eigenvalue weighted by Gasteiger charge is 2.30. The molecule has 2 atom stereocenters. The lowest BCUT2D eigenvalue weighted by atomic mass is 10.1. The maximum absolute atomic E-state index is 5.81. The quantitative estimate of drug-likeness (QED) is 0.773. The molecule has 0 saturated carbocycles. The third-order valence-corrected chi connectivity index (χ3v) is 3.95. The van der Waals surface area contributed by atoms with E-state index < -0.39 is 0 Å². The Morgan fingerprint density at radius 2 is 2.22 bits per heavy atom. The molecule has 1 fully saturated rings. The largest absolute Gasteiger partial charge is 0.490 e. The molecule has 0 aliphatic carbocycles. The van der Waals surface area contributed by atoms with Crippen molar-refractivity contribution < 1.29 is 4.74 Å². The van der Waals surface area contributed by atoms with Crippen molar-refractivity contribution in [3.63, 3.8) is 0 Å². The SMILES string of the molecule is CCCCC1CCC(COc2cccnc2)N1C. The molecule has 3 nitrogen and oxygen atoms in total. The molecule has 2 unspecified atom stereocenters. The number of ether oxygens (including phenoxy) is 1. The Morgan fingerprint density at radius 1 is 1.39 bits per heavy atom. The molecule has 1 aromatic rings. The van der Waals surface area contributed by atoms with Gasteiger partial charge in [0.15, 0.2) is 0 Å². The summed E-state index contributed by atoms with van der Waals surface area (Å²) in [5, 5.41) is 0. The van der Waals surface area contributed by atoms with E-state index in [1.54, 1.807) is 12.4 Å². The van der Waals surface area contributed by atoms with Gasteiger partial charge in [-0.1, -0.05) is 19.8 Å². The lowest BCUT2D eigenvalue weighted by molar-refractivity contribution is 0.163. The van der Waals surface area contributed by atoms with Crippen molar-refractivity contribution in [2.75, 3.05) is 13.7 Å². The van der Waals surface area contributed by atoms with Gasteiger partial charge in [0.2, 0.25) is 0 Å². The summed E-state index contributed by atoms with van der Waals surface area (Å²) in [6.45, 7) is 3.04. The average molecular weight is 248 g/mol. The molecule has 2 heterocycles. The summed E-state index contributed by atoms with van der Waals surface area (Å²) in [6, 6.07) is 5.20. The van der Waals surface area contributed by atoms with Crippen LogP contribution < -0.4 is 4.74 Å². The highest BCUT2D eigenvalue weighted by atomic mass is 16.5. The van der Waals surface area contributed by atoms with Crippen LogP contribution >= 0.6 is 0 Å². The van der Waals surface area contributed by atoms with Crippen LogP contribution in [0.4, 0.5) is 0 Å². The molecule has 0 radical (unpaired) electrons. The summed E-state index contributed by atoms with van der Waals surface area (Å²) in [5.41, 5.74) is 0. The summed E-state index contributed by atoms with van der Waals surface area (Å²) >= 11 is 0. The van der Waals surface area contributed by atoms with Gasteiger partial charge in [0.1, 0.15) is 12.4 Å². The van der Waals surface area contributed by atoms with Crippen LogP contribution in [0.2, 0.25) is 0 Å². The molecule has 3 heteroatoms. The van der Waals surface area contributed by atoms with Gasteiger partial charge in [-0.05, 0) is 38.4 Å². The summed E-state index contributed by atoms with van der Waals surface area (Å²) in [5.74, 6) is 0.878. The fourth-order valence-corrected chi connectivity index (χ4v) is 2.70. The fourth-order valence-electron chi connectivity index (χ4n) is 2.70. The molecule has 1 aliphatic rings. The number of aromatic nitrogens is 1. The number of likely N-dealkylation sites (tertiary alicyclic amines) is 1. The smallest absolute Gasteiger partial charge is 0.137 e. The Balaban J connectivity index is 1.77. The molecule has 1 aromatic heterocycles. The van der Waals surface area contributed by atoms with Crippen molar-refractivity contribution in [3.8, 4) is 5.75 Å². The standard InChI is InChI=1S/C15H24N2O/c1-3-4-6-13-8-9-14(17(13)2)12-18-15-7-5-10-16-11-15/h5,7,10-11,13-14H,3-4,6,8-9,12H2,1-2H3. The first kappa shape index (κ1) is 13.3. The van der Waals surface area contributed by atoms with Crippen LogP contribution in [-0.4, -0.2) is 35.6 Å². The van der Waals surface area contributed by atoms with Crippen LogP contribution in [0.3, 0.4) is 0 Å². The van der Waals surface area contributed by atoms with Gasteiger partial charge in [-0.15, -0.1) is 0 Å². The van der Waals surface area contributed by atoms with E-state index in [0.717, 1.165) is 18.4 Å². The van der Waals surface area contributed by atoms with E-state index in [9.17, 15) is 0 Å². The van der Waals surface area contributed by atoms with Crippen molar-refractivity contribution in [2.24, 2.45) is 0 Å². The van der Waals surface area contributed by atoms with Gasteiger partial charge in [-0.3, -0.25) is 9.88 Å². The molecule has 1 aliphatic heterocycles. The number of likely N-dealkylation sites (N-methyl/N-ethyl adjacent to an activating group) is 1. The number of unbranched alkanes of at least 4 members (excludes halogenated alkanes) is 1. The second-order valence-electron chi connectivity index (χ2n) is 5.19. The molecule has 0 spiro atoms. The highest BCUT2D eigenvalue weighted by molar-refractivity contribution is 5.15. The topological polar surface area (TPSA) is 25.4 Å². The lowest BCUT2D eigenvalue weighted by Gasteiger charge is -2.25. The zero-order valence-corrected chi connectivity index (χ0v) is 11.5. The van der Waals surface area contributed by atoms with Crippen LogP contribution in [0.25, 0.3) is 0 Å². The lowest BCUT2D eigenvalue weighted by Crippen LogP contribution is -2.36. The van der Waals surface area contributed by atoms with Gasteiger partial charge in [0, 0.05) is 18.3 Å². The van der Waals surface area contributed by atoms with E-state index in [-0.39, 0.29) is 0 Å². The van der Waals surface area contributed by atoms with E-state index in [1.165, 1.54) is 32.1 Å². The van der Waals surface area contributed by atoms with Gasteiger partial charge in [0.25, 0.3) is 0 Å². The van der Waals surface area contributed by atoms with Gasteiger partial charge in [-0.25, -0.2) is 0 Å². The molecular weight excluding hydrogens is 224 g/mol. The van der Waals surface area contributed by atoms with Crippen LogP contribution in [-0.2, 0) is 0 Å². The monoisotopic (exact) mass is 248 g/mol. The third kappa shape index (κ3) is 3.45. The average Bonchev–Trinajstić information content (AvgIpc) is 2.76. The number of pyridine rings is 1. The number of hydrogen-bond donors (Lipinski definition) is 0. The van der Waals surface area contributed by atoms with Gasteiger partial charge >= 0.3 is 0 Å². The van der Waals surface area contributed by atoms with Gasteiger partial charge < -0.3 is 4.74 Å². The molecule has 18 heavy (non-hydrogen) atoms. The van der Waals surface area contributed by atoms with Crippen LogP contribution in [0.15, 0.2) is 24.5 Å². The van der Waals surface area contributed by atoms with Crippen molar-refractivity contribution in [1.82, 2.24) is 9.88 Å². The Kier molecular flexibility index (Phi) is 5.00. The molecule has 1 saturated heterocycles. The second kappa shape index (κ2) is 6.74. The Morgan fingerprint density at radius 3 is 2.94 bits per heavy atom. The maximum atomic E-state index is 5.81. The predicted molar refractivity (Wildman–Crippen MR) is 73.8 cm³/mol. The Bertz CT molecular complexity index is 342. The summed E-state index contributed by atoms with van der Waals surface area (Å²) in [7, 11) is 2.24. The van der Waals surface area contributed by atoms with Crippen LogP contribution in [0.1, 0.15) is 39.0 Å². The molecule has 2 rings (SSSR count). The zero-order valence-electron chi connectivity index (χ0n) is 11.5. The number of hydrogen-bond acceptors (Lipinski definition) is 3. The van der Waals surface area contributed by atoms with E-state index in [2.05, 4.69) is 23.9 Å². The first-order chi connectivity index (χ1) is 8.81. The molecule has 0 aromatic carbocycles. The van der Waals surface area contributed by atoms with E-state index in [4.69, 9.17) is 4.74 Å². The minimum Gasteiger partial charge on any atom is -0.490 e. The number of rotatable bonds is 6. The number of nitrogens with zero attached hydrogens (tertiary/aromatic N) is 2. The first-order valence-electron chi connectivity index (χ1n) is 7.06. The van der Waals surface area contributed by atoms with Crippen LogP contribution in [0.5, 0.6) is 5.75 Å². The minimum absolute atomic E-state index is 0.562. The Hall–Kier alpha value is -1.09. The predicted octanol–water partition coefficient (Wildman–Crippen LogP) is 3.11. The molecule has 100 valence electrons. The first-order valence-corrected chi connectivity index (χ1v) is 7.06. The molecule has 0 N–H and O–H groups in total. The molecular formula is C15H24N2O. The molecule has 0 amide bonds. The van der Waals surface area contributed by atoms with E-state index in [0.29, 0.717) is 6.04 Å². The van der Waals surface area contributed by atoms with Gasteiger partial charge in [-0.2, -0.15) is 0 Å². The van der Waals surface area contributed by atoms with Crippen molar-refractivity contribution in [1.29, 1.82) is 0 Å². The molecule has 0 bridgehead atoms. The minimum atomic E-state index is 0.562. The zero-order chi connectivity index (χ0) is 12.8. The maximum Gasteiger partial charge on any atom is 0.137 e. The van der Waals surface area contributed by atoms with Crippen molar-refractivity contribution >= 4 is 0 Å². The van der Waals surface area contributed by atoms with Gasteiger partial charge in [0.05, 0.1) is 6.20 Å². The van der Waals surface area contributed by atoms with E-state index in [1.807, 2.05) is 12.1 Å². The Labute approximate surface area is 110 Å². The van der Waals surface area contributed by atoms with Crippen molar-refractivity contribution in [2.45, 2.75) is 51.1 Å². The summed E-state index contributed by atoms with van der Waals surface area (Å²) < 4.78 is 5.81. The third-order valence-electron chi connectivity index (χ3n) is 3.95.